The van der Waals surface area contributed by atoms with Crippen molar-refractivity contribution in [3.05, 3.63) is 64.7 Å². The van der Waals surface area contributed by atoms with Crippen LogP contribution in [0.25, 0.3) is 0 Å². The lowest BCUT2D eigenvalue weighted by Crippen LogP contribution is -2.12. The second kappa shape index (κ2) is 7.07. The Kier molecular flexibility index (Phi) is 5.15. The van der Waals surface area contributed by atoms with E-state index in [9.17, 15) is 4.79 Å². The van der Waals surface area contributed by atoms with Crippen molar-refractivity contribution in [2.75, 3.05) is 5.32 Å². The van der Waals surface area contributed by atoms with Gasteiger partial charge in [-0.3, -0.25) is 4.79 Å². The molecule has 2 aromatic carbocycles. The molecular formula is C19H23NO. The number of carbonyl (C=O) groups excluding carboxylic acids is 1. The topological polar surface area (TPSA) is 29.1 Å². The van der Waals surface area contributed by atoms with Gasteiger partial charge >= 0.3 is 0 Å². The molecule has 21 heavy (non-hydrogen) atoms. The number of amides is 1. The summed E-state index contributed by atoms with van der Waals surface area (Å²) in [7, 11) is 0. The van der Waals surface area contributed by atoms with Crippen LogP contribution in [0, 0.1) is 13.8 Å². The summed E-state index contributed by atoms with van der Waals surface area (Å²) in [6.45, 7) is 6.27. The maximum absolute atomic E-state index is 12.0. The van der Waals surface area contributed by atoms with Gasteiger partial charge in [-0.2, -0.15) is 0 Å². The Bertz CT molecular complexity index is 614. The summed E-state index contributed by atoms with van der Waals surface area (Å²) >= 11 is 0. The maximum atomic E-state index is 12.0. The van der Waals surface area contributed by atoms with Gasteiger partial charge < -0.3 is 5.32 Å². The monoisotopic (exact) mass is 281 g/mol. The smallest absolute Gasteiger partial charge is 0.224 e. The quantitative estimate of drug-likeness (QED) is 0.862. The largest absolute Gasteiger partial charge is 0.326 e. The lowest BCUT2D eigenvalue weighted by molar-refractivity contribution is -0.116. The number of hydrogen-bond donors (Lipinski definition) is 1. The zero-order valence-electron chi connectivity index (χ0n) is 13.1. The first-order chi connectivity index (χ1) is 10.1. The molecule has 0 unspecified atom stereocenters. The molecule has 0 atom stereocenters. The summed E-state index contributed by atoms with van der Waals surface area (Å²) in [5.41, 5.74) is 5.86. The Hall–Kier alpha value is -2.09. The van der Waals surface area contributed by atoms with Crippen molar-refractivity contribution in [2.45, 2.75) is 40.0 Å². The van der Waals surface area contributed by atoms with Gasteiger partial charge in [-0.05, 0) is 61.1 Å². The minimum Gasteiger partial charge on any atom is -0.326 e. The van der Waals surface area contributed by atoms with Crippen LogP contribution < -0.4 is 5.32 Å². The molecule has 2 aromatic rings. The first-order valence-electron chi connectivity index (χ1n) is 7.53. The fourth-order valence-electron chi connectivity index (χ4n) is 2.24. The molecule has 0 saturated carbocycles. The van der Waals surface area contributed by atoms with Crippen molar-refractivity contribution in [1.82, 2.24) is 0 Å². The average Bonchev–Trinajstić information content (AvgIpc) is 2.49. The first-order valence-corrected chi connectivity index (χ1v) is 7.53. The van der Waals surface area contributed by atoms with E-state index in [2.05, 4.69) is 50.4 Å². The van der Waals surface area contributed by atoms with Gasteiger partial charge in [0.15, 0.2) is 0 Å². The number of rotatable bonds is 5. The summed E-state index contributed by atoms with van der Waals surface area (Å²) in [4.78, 5) is 12.0. The maximum Gasteiger partial charge on any atom is 0.224 e. The molecular weight excluding hydrogens is 258 g/mol. The zero-order chi connectivity index (χ0) is 15.2. The van der Waals surface area contributed by atoms with E-state index in [1.165, 1.54) is 22.3 Å². The molecule has 0 aliphatic carbocycles. The molecule has 0 fully saturated rings. The molecule has 1 N–H and O–H groups in total. The molecule has 0 aliphatic rings. The molecule has 2 rings (SSSR count). The van der Waals surface area contributed by atoms with Crippen LogP contribution >= 0.6 is 0 Å². The van der Waals surface area contributed by atoms with Crippen LogP contribution in [0.5, 0.6) is 0 Å². The van der Waals surface area contributed by atoms with Crippen molar-refractivity contribution in [1.29, 1.82) is 0 Å². The van der Waals surface area contributed by atoms with E-state index >= 15 is 0 Å². The lowest BCUT2D eigenvalue weighted by Gasteiger charge is -2.08. The lowest BCUT2D eigenvalue weighted by atomic mass is 10.1. The van der Waals surface area contributed by atoms with Crippen LogP contribution in [-0.2, 0) is 17.6 Å². The van der Waals surface area contributed by atoms with E-state index in [-0.39, 0.29) is 5.91 Å². The Morgan fingerprint density at radius 2 is 1.62 bits per heavy atom. The molecule has 0 spiro atoms. The summed E-state index contributed by atoms with van der Waals surface area (Å²) in [5.74, 6) is 0.0674. The van der Waals surface area contributed by atoms with Gasteiger partial charge in [0.2, 0.25) is 5.91 Å². The van der Waals surface area contributed by atoms with Crippen molar-refractivity contribution in [2.24, 2.45) is 0 Å². The van der Waals surface area contributed by atoms with Crippen LogP contribution in [0.1, 0.15) is 35.6 Å². The predicted octanol–water partition coefficient (Wildman–Crippen LogP) is 4.44. The fraction of sp³-hybridized carbons (Fsp3) is 0.316. The summed E-state index contributed by atoms with van der Waals surface area (Å²) in [5, 5.41) is 2.96. The molecule has 1 amide bonds. The Labute approximate surface area is 127 Å². The van der Waals surface area contributed by atoms with E-state index in [1.54, 1.807) is 0 Å². The molecule has 110 valence electrons. The van der Waals surface area contributed by atoms with Gasteiger partial charge in [0.1, 0.15) is 0 Å². The molecule has 0 radical (unpaired) electrons. The van der Waals surface area contributed by atoms with Crippen LogP contribution in [0.15, 0.2) is 42.5 Å². The van der Waals surface area contributed by atoms with Gasteiger partial charge in [0, 0.05) is 12.1 Å². The SMILES string of the molecule is CCc1ccc(CCC(=O)Nc2ccc(C)c(C)c2)cc1. The third-order valence-electron chi connectivity index (χ3n) is 3.86. The van der Waals surface area contributed by atoms with Crippen LogP contribution in [-0.4, -0.2) is 5.91 Å². The van der Waals surface area contributed by atoms with Gasteiger partial charge in [-0.1, -0.05) is 37.3 Å². The molecule has 0 bridgehead atoms. The summed E-state index contributed by atoms with van der Waals surface area (Å²) in [6.07, 6.45) is 2.34. The molecule has 0 saturated heterocycles. The Morgan fingerprint density at radius 1 is 0.952 bits per heavy atom. The standard InChI is InChI=1S/C19H23NO/c1-4-16-6-8-17(9-7-16)10-12-19(21)20-18-11-5-14(2)15(3)13-18/h5-9,11,13H,4,10,12H2,1-3H3,(H,20,21). The summed E-state index contributed by atoms with van der Waals surface area (Å²) < 4.78 is 0. The van der Waals surface area contributed by atoms with Crippen molar-refractivity contribution in [3.8, 4) is 0 Å². The minimum absolute atomic E-state index is 0.0674. The van der Waals surface area contributed by atoms with Crippen LogP contribution in [0.3, 0.4) is 0 Å². The number of hydrogen-bond acceptors (Lipinski definition) is 1. The van der Waals surface area contributed by atoms with Crippen molar-refractivity contribution in [3.63, 3.8) is 0 Å². The second-order valence-electron chi connectivity index (χ2n) is 5.52. The average molecular weight is 281 g/mol. The van der Waals surface area contributed by atoms with Gasteiger partial charge in [-0.25, -0.2) is 0 Å². The summed E-state index contributed by atoms with van der Waals surface area (Å²) in [6, 6.07) is 14.5. The molecule has 2 nitrogen and oxygen atoms in total. The van der Waals surface area contributed by atoms with E-state index in [1.807, 2.05) is 18.2 Å². The highest BCUT2D eigenvalue weighted by atomic mass is 16.1. The Morgan fingerprint density at radius 3 is 2.24 bits per heavy atom. The van der Waals surface area contributed by atoms with Crippen molar-refractivity contribution < 1.29 is 4.79 Å². The van der Waals surface area contributed by atoms with Crippen molar-refractivity contribution >= 4 is 11.6 Å². The normalized spacial score (nSPS) is 10.4. The van der Waals surface area contributed by atoms with E-state index in [0.717, 1.165) is 18.5 Å². The number of anilines is 1. The molecule has 2 heteroatoms. The fourth-order valence-corrected chi connectivity index (χ4v) is 2.24. The van der Waals surface area contributed by atoms with E-state index in [0.29, 0.717) is 6.42 Å². The number of carbonyl (C=O) groups is 1. The second-order valence-corrected chi connectivity index (χ2v) is 5.52. The highest BCUT2D eigenvalue weighted by Gasteiger charge is 2.04. The number of nitrogens with one attached hydrogen (secondary N) is 1. The van der Waals surface area contributed by atoms with Gasteiger partial charge in [-0.15, -0.1) is 0 Å². The van der Waals surface area contributed by atoms with Gasteiger partial charge in [0.25, 0.3) is 0 Å². The van der Waals surface area contributed by atoms with E-state index < -0.39 is 0 Å². The molecule has 0 heterocycles. The minimum atomic E-state index is 0.0674. The highest BCUT2D eigenvalue weighted by Crippen LogP contribution is 2.15. The molecule has 0 aromatic heterocycles. The molecule has 0 aliphatic heterocycles. The Balaban J connectivity index is 1.87. The first kappa shape index (κ1) is 15.3. The van der Waals surface area contributed by atoms with Crippen LogP contribution in [0.4, 0.5) is 5.69 Å². The number of aryl methyl sites for hydroxylation is 4. The third kappa shape index (κ3) is 4.45. The zero-order valence-corrected chi connectivity index (χ0v) is 13.1. The van der Waals surface area contributed by atoms with E-state index in [4.69, 9.17) is 0 Å². The highest BCUT2D eigenvalue weighted by molar-refractivity contribution is 5.90. The predicted molar refractivity (Wildman–Crippen MR) is 88.7 cm³/mol. The van der Waals surface area contributed by atoms with Gasteiger partial charge in [0.05, 0.1) is 0 Å². The number of benzene rings is 2. The third-order valence-corrected chi connectivity index (χ3v) is 3.86. The van der Waals surface area contributed by atoms with Crippen LogP contribution in [0.2, 0.25) is 0 Å².